The number of phenolic OH excluding ortho intramolecular Hbond substituents is 1. The summed E-state index contributed by atoms with van der Waals surface area (Å²) in [6.07, 6.45) is 3.31. The zero-order chi connectivity index (χ0) is 20.8. The van der Waals surface area contributed by atoms with Gasteiger partial charge in [-0.25, -0.2) is 15.0 Å². The van der Waals surface area contributed by atoms with Crippen LogP contribution in [0.2, 0.25) is 0 Å². The van der Waals surface area contributed by atoms with Crippen molar-refractivity contribution in [2.45, 2.75) is 0 Å². The third-order valence-corrected chi connectivity index (χ3v) is 5.18. The molecule has 0 radical (unpaired) electrons. The molecule has 3 aromatic heterocycles. The molecule has 0 amide bonds. The van der Waals surface area contributed by atoms with Crippen molar-refractivity contribution in [2.24, 2.45) is 0 Å². The molecule has 0 saturated carbocycles. The number of fused-ring (bicyclic) bond motifs is 4. The maximum absolute atomic E-state index is 10.1. The number of pyridine rings is 1. The van der Waals surface area contributed by atoms with Crippen molar-refractivity contribution in [1.29, 1.82) is 0 Å². The predicted molar refractivity (Wildman–Crippen MR) is 119 cm³/mol. The van der Waals surface area contributed by atoms with E-state index >= 15 is 0 Å². The molecule has 3 heterocycles. The number of aromatic hydroxyl groups is 1. The third kappa shape index (κ3) is 3.29. The summed E-state index contributed by atoms with van der Waals surface area (Å²) >= 11 is 0. The van der Waals surface area contributed by atoms with Gasteiger partial charge < -0.3 is 14.4 Å². The van der Waals surface area contributed by atoms with E-state index in [-0.39, 0.29) is 32.1 Å². The Hall–Kier alpha value is -3.79. The van der Waals surface area contributed by atoms with Crippen LogP contribution in [0.5, 0.6) is 17.4 Å². The maximum atomic E-state index is 10.1. The molecule has 0 aliphatic rings. The fourth-order valence-electron chi connectivity index (χ4n) is 3.82. The minimum absolute atomic E-state index is 0. The van der Waals surface area contributed by atoms with Crippen LogP contribution in [0.25, 0.3) is 38.7 Å². The van der Waals surface area contributed by atoms with Gasteiger partial charge in [0.25, 0.3) is 0 Å². The van der Waals surface area contributed by atoms with Gasteiger partial charge in [0.05, 0.1) is 11.7 Å². The smallest absolute Gasteiger partial charge is 0.236 e. The number of benzene rings is 3. The second-order valence-corrected chi connectivity index (χ2v) is 7.08. The van der Waals surface area contributed by atoms with Crippen LogP contribution < -0.4 is 4.74 Å². The first-order valence-electron chi connectivity index (χ1n) is 9.77. The quantitative estimate of drug-likeness (QED) is 0.255. The van der Waals surface area contributed by atoms with Gasteiger partial charge in [0.2, 0.25) is 5.88 Å². The summed E-state index contributed by atoms with van der Waals surface area (Å²) in [6.45, 7) is 0. The van der Waals surface area contributed by atoms with Crippen LogP contribution in [0.1, 0.15) is 0 Å². The summed E-state index contributed by atoms with van der Waals surface area (Å²) < 4.78 is 8.03. The second-order valence-electron chi connectivity index (χ2n) is 7.08. The average molecular weight is 510 g/mol. The number of nitrogens with zero attached hydrogens (tertiary/aromatic N) is 4. The number of aromatic nitrogens is 4. The SMILES string of the molecule is Oc1cccc2ncc(Oc3[c-]c4c(cc3)c3ccccc3n4-c3ccccn3)nc12.[Pd]. The molecule has 7 heteroatoms. The van der Waals surface area contributed by atoms with Gasteiger partial charge in [-0.3, -0.25) is 0 Å². The van der Waals surface area contributed by atoms with Crippen molar-refractivity contribution in [3.8, 4) is 23.2 Å². The van der Waals surface area contributed by atoms with Crippen LogP contribution >= 0.6 is 0 Å². The summed E-state index contributed by atoms with van der Waals surface area (Å²) in [4.78, 5) is 13.3. The normalized spacial score (nSPS) is 11.0. The molecule has 6 nitrogen and oxygen atoms in total. The molecule has 0 unspecified atom stereocenters. The number of hydrogen-bond donors (Lipinski definition) is 1. The number of para-hydroxylation sites is 2. The first-order valence-corrected chi connectivity index (χ1v) is 9.77. The molecule has 158 valence electrons. The Kier molecular flexibility index (Phi) is 5.06. The van der Waals surface area contributed by atoms with Crippen LogP contribution in [-0.2, 0) is 20.4 Å². The first kappa shape index (κ1) is 20.1. The third-order valence-electron chi connectivity index (χ3n) is 5.18. The Bertz CT molecular complexity index is 1580. The Morgan fingerprint density at radius 1 is 0.844 bits per heavy atom. The van der Waals surface area contributed by atoms with E-state index < -0.39 is 0 Å². The first-order chi connectivity index (χ1) is 15.3. The minimum Gasteiger partial charge on any atom is -0.506 e. The fourth-order valence-corrected chi connectivity index (χ4v) is 3.82. The van der Waals surface area contributed by atoms with Crippen LogP contribution in [0, 0.1) is 6.07 Å². The van der Waals surface area contributed by atoms with Gasteiger partial charge in [0.1, 0.15) is 17.1 Å². The zero-order valence-electron chi connectivity index (χ0n) is 16.5. The molecule has 0 bridgehead atoms. The topological polar surface area (TPSA) is 73.1 Å². The molecule has 0 saturated heterocycles. The molecular formula is C25H15N4O2Pd-. The van der Waals surface area contributed by atoms with Gasteiger partial charge in [0.15, 0.2) is 0 Å². The summed E-state index contributed by atoms with van der Waals surface area (Å²) in [5.74, 6) is 1.64. The standard InChI is InChI=1S/C25H15N4O2.Pd/c30-22-9-5-7-19-25(22)28-24(15-27-19)31-16-11-12-18-17-6-1-2-8-20(17)29(21(18)14-16)23-10-3-4-13-26-23;/h1-13,15,30H;/q-1;. The molecule has 0 spiro atoms. The van der Waals surface area contributed by atoms with Crippen molar-refractivity contribution in [2.75, 3.05) is 0 Å². The van der Waals surface area contributed by atoms with Crippen LogP contribution in [0.3, 0.4) is 0 Å². The van der Waals surface area contributed by atoms with E-state index in [1.165, 1.54) is 6.20 Å². The molecule has 6 aromatic rings. The number of hydrogen-bond acceptors (Lipinski definition) is 5. The number of ether oxygens (including phenoxy) is 1. The van der Waals surface area contributed by atoms with Gasteiger partial charge in [-0.2, -0.15) is 6.07 Å². The number of phenols is 1. The van der Waals surface area contributed by atoms with Crippen molar-refractivity contribution in [1.82, 2.24) is 19.5 Å². The molecule has 0 aliphatic carbocycles. The summed E-state index contributed by atoms with van der Waals surface area (Å²) in [5, 5.41) is 12.2. The van der Waals surface area contributed by atoms with E-state index in [0.717, 1.165) is 27.6 Å². The molecule has 0 atom stereocenters. The monoisotopic (exact) mass is 509 g/mol. The maximum Gasteiger partial charge on any atom is 0.236 e. The Morgan fingerprint density at radius 2 is 1.72 bits per heavy atom. The average Bonchev–Trinajstić information content (AvgIpc) is 3.14. The van der Waals surface area contributed by atoms with Crippen molar-refractivity contribution in [3.05, 3.63) is 91.3 Å². The molecule has 0 aliphatic heterocycles. The van der Waals surface area contributed by atoms with Crippen LogP contribution in [0.15, 0.2) is 85.2 Å². The van der Waals surface area contributed by atoms with Crippen molar-refractivity contribution < 1.29 is 30.3 Å². The predicted octanol–water partition coefficient (Wildman–Crippen LogP) is 5.42. The molecule has 1 N–H and O–H groups in total. The Morgan fingerprint density at radius 3 is 2.59 bits per heavy atom. The van der Waals surface area contributed by atoms with E-state index in [0.29, 0.717) is 16.8 Å². The molecule has 32 heavy (non-hydrogen) atoms. The van der Waals surface area contributed by atoms with Gasteiger partial charge in [-0.05, 0) is 35.7 Å². The second kappa shape index (κ2) is 8.04. The fraction of sp³-hybridized carbons (Fsp3) is 0. The number of rotatable bonds is 3. The zero-order valence-corrected chi connectivity index (χ0v) is 18.1. The molecule has 3 aromatic carbocycles. The Labute approximate surface area is 196 Å². The van der Waals surface area contributed by atoms with Gasteiger partial charge in [-0.15, -0.1) is 17.5 Å². The van der Waals surface area contributed by atoms with E-state index in [1.54, 1.807) is 24.4 Å². The summed E-state index contributed by atoms with van der Waals surface area (Å²) in [7, 11) is 0. The van der Waals surface area contributed by atoms with Crippen molar-refractivity contribution >= 4 is 32.8 Å². The van der Waals surface area contributed by atoms with Gasteiger partial charge >= 0.3 is 0 Å². The van der Waals surface area contributed by atoms with E-state index in [1.807, 2.05) is 42.5 Å². The van der Waals surface area contributed by atoms with E-state index in [9.17, 15) is 5.11 Å². The van der Waals surface area contributed by atoms with E-state index in [4.69, 9.17) is 4.74 Å². The Balaban J connectivity index is 0.00000216. The minimum atomic E-state index is 0. The molecule has 0 fully saturated rings. The summed E-state index contributed by atoms with van der Waals surface area (Å²) in [5.41, 5.74) is 2.89. The van der Waals surface area contributed by atoms with Gasteiger partial charge in [-0.1, -0.05) is 35.8 Å². The summed E-state index contributed by atoms with van der Waals surface area (Å²) in [6, 6.07) is 26.3. The molecule has 6 rings (SSSR count). The van der Waals surface area contributed by atoms with Crippen LogP contribution in [-0.4, -0.2) is 24.6 Å². The van der Waals surface area contributed by atoms with E-state index in [2.05, 4.69) is 37.7 Å². The molecular weight excluding hydrogens is 495 g/mol. The van der Waals surface area contributed by atoms with Crippen molar-refractivity contribution in [3.63, 3.8) is 0 Å². The van der Waals surface area contributed by atoms with Gasteiger partial charge in [0, 0.05) is 37.9 Å². The largest absolute Gasteiger partial charge is 0.506 e. The van der Waals surface area contributed by atoms with Crippen LogP contribution in [0.4, 0.5) is 0 Å².